The first kappa shape index (κ1) is 31.0. The predicted molar refractivity (Wildman–Crippen MR) is 229 cm³/mol. The van der Waals surface area contributed by atoms with E-state index in [9.17, 15) is 10.5 Å². The molecule has 0 bridgehead atoms. The summed E-state index contributed by atoms with van der Waals surface area (Å²) in [6.45, 7) is 8.75. The average molecular weight is 711 g/mol. The molecule has 2 aliphatic rings. The molecular formula is C52H30N4. The molecule has 4 nitrogen and oxygen atoms in total. The van der Waals surface area contributed by atoms with Gasteiger partial charge in [-0.3, -0.25) is 9.97 Å². The molecule has 2 aliphatic carbocycles. The first-order valence-corrected chi connectivity index (χ1v) is 19.0. The maximum atomic E-state index is 9.73. The van der Waals surface area contributed by atoms with Crippen LogP contribution in [0, 0.1) is 50.4 Å². The molecule has 258 valence electrons. The Balaban J connectivity index is 1.34. The molecule has 0 N–H and O–H groups in total. The molecular weight excluding hydrogens is 681 g/mol. The minimum atomic E-state index is 0.535. The first-order chi connectivity index (χ1) is 27.3. The van der Waals surface area contributed by atoms with E-state index in [-0.39, 0.29) is 0 Å². The molecule has 0 radical (unpaired) electrons. The fourth-order valence-corrected chi connectivity index (χ4v) is 10.2. The summed E-state index contributed by atoms with van der Waals surface area (Å²) >= 11 is 0. The highest BCUT2D eigenvalue weighted by Crippen LogP contribution is 2.59. The molecule has 56 heavy (non-hydrogen) atoms. The second-order valence-electron chi connectivity index (χ2n) is 15.9. The first-order valence-electron chi connectivity index (χ1n) is 19.0. The van der Waals surface area contributed by atoms with E-state index in [1.807, 2.05) is 24.3 Å². The zero-order chi connectivity index (χ0) is 37.7. The Morgan fingerprint density at radius 3 is 1.11 bits per heavy atom. The minimum Gasteiger partial charge on any atom is -0.255 e. The van der Waals surface area contributed by atoms with Crippen LogP contribution >= 0.6 is 0 Å². The highest BCUT2D eigenvalue weighted by molar-refractivity contribution is 6.38. The van der Waals surface area contributed by atoms with Crippen LogP contribution < -0.4 is 0 Å². The summed E-state index contributed by atoms with van der Waals surface area (Å²) in [7, 11) is 0. The van der Waals surface area contributed by atoms with E-state index in [1.165, 1.54) is 110 Å². The summed E-state index contributed by atoms with van der Waals surface area (Å²) in [5.41, 5.74) is 19.7. The molecule has 12 rings (SSSR count). The zero-order valence-electron chi connectivity index (χ0n) is 31.2. The van der Waals surface area contributed by atoms with E-state index in [0.717, 1.165) is 33.3 Å². The lowest BCUT2D eigenvalue weighted by atomic mass is 9.81. The van der Waals surface area contributed by atoms with Crippen molar-refractivity contribution in [3.8, 4) is 79.2 Å². The van der Waals surface area contributed by atoms with Gasteiger partial charge in [-0.2, -0.15) is 10.5 Å². The fraction of sp³-hybridized carbons (Fsp3) is 0.0769. The average Bonchev–Trinajstić information content (AvgIpc) is 3.68. The lowest BCUT2D eigenvalue weighted by Crippen LogP contribution is -1.97. The van der Waals surface area contributed by atoms with Crippen molar-refractivity contribution >= 4 is 53.9 Å². The van der Waals surface area contributed by atoms with Gasteiger partial charge >= 0.3 is 0 Å². The van der Waals surface area contributed by atoms with Crippen molar-refractivity contribution in [2.75, 3.05) is 0 Å². The number of benzene rings is 8. The van der Waals surface area contributed by atoms with Crippen LogP contribution in [0.15, 0.2) is 109 Å². The third kappa shape index (κ3) is 3.95. The van der Waals surface area contributed by atoms with Crippen LogP contribution in [0.3, 0.4) is 0 Å². The summed E-state index contributed by atoms with van der Waals surface area (Å²) in [5.74, 6) is 0. The Kier molecular flexibility index (Phi) is 5.89. The topological polar surface area (TPSA) is 73.4 Å². The van der Waals surface area contributed by atoms with Crippen LogP contribution in [0.1, 0.15) is 33.4 Å². The van der Waals surface area contributed by atoms with Gasteiger partial charge in [0.25, 0.3) is 0 Å². The van der Waals surface area contributed by atoms with Gasteiger partial charge in [0.1, 0.15) is 12.1 Å². The number of rotatable bonds is 2. The molecule has 2 heterocycles. The van der Waals surface area contributed by atoms with Crippen LogP contribution in [0.5, 0.6) is 0 Å². The predicted octanol–water partition coefficient (Wildman–Crippen LogP) is 13.3. The van der Waals surface area contributed by atoms with Crippen molar-refractivity contribution in [2.45, 2.75) is 27.7 Å². The number of hydrogen-bond acceptors (Lipinski definition) is 4. The molecule has 0 saturated carbocycles. The fourth-order valence-electron chi connectivity index (χ4n) is 10.2. The van der Waals surface area contributed by atoms with Gasteiger partial charge in [-0.05, 0) is 197 Å². The van der Waals surface area contributed by atoms with Gasteiger partial charge in [-0.1, -0.05) is 48.5 Å². The van der Waals surface area contributed by atoms with E-state index in [2.05, 4.69) is 113 Å². The maximum absolute atomic E-state index is 9.73. The second-order valence-corrected chi connectivity index (χ2v) is 15.9. The molecule has 2 aromatic heterocycles. The second kappa shape index (κ2) is 10.6. The van der Waals surface area contributed by atoms with Crippen molar-refractivity contribution in [3.63, 3.8) is 0 Å². The number of pyridine rings is 2. The number of aromatic nitrogens is 2. The van der Waals surface area contributed by atoms with Crippen LogP contribution in [0.4, 0.5) is 0 Å². The highest BCUT2D eigenvalue weighted by atomic mass is 14.7. The van der Waals surface area contributed by atoms with Crippen molar-refractivity contribution in [2.24, 2.45) is 0 Å². The van der Waals surface area contributed by atoms with Gasteiger partial charge < -0.3 is 0 Å². The molecule has 0 saturated heterocycles. The minimum absolute atomic E-state index is 0.535. The van der Waals surface area contributed by atoms with Crippen molar-refractivity contribution in [1.82, 2.24) is 9.97 Å². The van der Waals surface area contributed by atoms with E-state index in [1.54, 1.807) is 12.4 Å². The molecule has 0 spiro atoms. The van der Waals surface area contributed by atoms with Gasteiger partial charge in [0, 0.05) is 23.5 Å². The summed E-state index contributed by atoms with van der Waals surface area (Å²) in [6.07, 6.45) is 3.37. The Hall–Kier alpha value is -7.40. The largest absolute Gasteiger partial charge is 0.255 e. The van der Waals surface area contributed by atoms with E-state index in [0.29, 0.717) is 11.1 Å². The van der Waals surface area contributed by atoms with Crippen LogP contribution in [-0.2, 0) is 0 Å². The van der Waals surface area contributed by atoms with Gasteiger partial charge in [0.15, 0.2) is 0 Å². The third-order valence-corrected chi connectivity index (χ3v) is 12.3. The Labute approximate surface area is 322 Å². The third-order valence-electron chi connectivity index (χ3n) is 12.3. The smallest absolute Gasteiger partial charge is 0.101 e. The van der Waals surface area contributed by atoms with Crippen LogP contribution in [-0.4, -0.2) is 9.97 Å². The lowest BCUT2D eigenvalue weighted by Gasteiger charge is -2.22. The Morgan fingerprint density at radius 1 is 0.375 bits per heavy atom. The summed E-state index contributed by atoms with van der Waals surface area (Å²) < 4.78 is 0. The van der Waals surface area contributed by atoms with Crippen molar-refractivity contribution in [3.05, 3.63) is 143 Å². The molecule has 0 atom stereocenters. The normalized spacial score (nSPS) is 12.2. The molecule has 0 amide bonds. The zero-order valence-corrected chi connectivity index (χ0v) is 31.2. The van der Waals surface area contributed by atoms with Gasteiger partial charge in [-0.15, -0.1) is 0 Å². The Morgan fingerprint density at radius 2 is 0.750 bits per heavy atom. The van der Waals surface area contributed by atoms with Gasteiger partial charge in [-0.25, -0.2) is 0 Å². The van der Waals surface area contributed by atoms with E-state index < -0.39 is 0 Å². The monoisotopic (exact) mass is 710 g/mol. The molecule has 0 aliphatic heterocycles. The summed E-state index contributed by atoms with van der Waals surface area (Å²) in [6, 6.07) is 40.4. The number of nitriles is 2. The quantitative estimate of drug-likeness (QED) is 0.167. The number of nitrogens with zero attached hydrogens (tertiary/aromatic N) is 4. The molecule has 0 fully saturated rings. The maximum Gasteiger partial charge on any atom is 0.101 e. The molecule has 8 aromatic carbocycles. The number of fused-ring (bicyclic) bond motifs is 8. The van der Waals surface area contributed by atoms with Gasteiger partial charge in [0.05, 0.1) is 22.5 Å². The SMILES string of the molecule is Cc1cc2c3c(cc(C)cc3c1)-c1c-2cc2c(-c3ccc(C#N)cn3)cc3c4c(cc5c(-c6ccc(C#N)cn6)cc1c2c53)-c1cc(C)cc2cc(C)cc-4c12. The Bertz CT molecular complexity index is 3310. The van der Waals surface area contributed by atoms with E-state index in [4.69, 9.17) is 9.97 Å². The number of hydrogen-bond donors (Lipinski definition) is 0. The standard InChI is InChI=1S/C52H30N4/c1-25-9-31-11-27(3)15-41-47(31)35(13-25)39-19-37-33(45-7-5-29(21-53)23-55-45)18-44-50-40(36-14-26(2)10-32-12-28(4)16-42(50)48(32)36)20-38-34(46-8-6-30(22-54)24-56-46)17-43(49(39)41)51(37)52(38)44/h5-20,23-24H,1-4H3. The highest BCUT2D eigenvalue weighted by Gasteiger charge is 2.32. The summed E-state index contributed by atoms with van der Waals surface area (Å²) in [4.78, 5) is 9.89. The van der Waals surface area contributed by atoms with Crippen LogP contribution in [0.2, 0.25) is 0 Å². The molecule has 4 heteroatoms. The lowest BCUT2D eigenvalue weighted by molar-refractivity contribution is 1.31. The van der Waals surface area contributed by atoms with E-state index >= 15 is 0 Å². The molecule has 0 unspecified atom stereocenters. The van der Waals surface area contributed by atoms with Crippen molar-refractivity contribution in [1.29, 1.82) is 10.5 Å². The van der Waals surface area contributed by atoms with Gasteiger partial charge in [0.2, 0.25) is 0 Å². The van der Waals surface area contributed by atoms with Crippen molar-refractivity contribution < 1.29 is 0 Å². The summed E-state index contributed by atoms with van der Waals surface area (Å²) in [5, 5.41) is 31.6. The number of aryl methyl sites for hydroxylation is 4. The van der Waals surface area contributed by atoms with Crippen LogP contribution in [0.25, 0.3) is 121 Å². The molecule has 10 aromatic rings.